The van der Waals surface area contributed by atoms with Crippen molar-refractivity contribution >= 4 is 66.6 Å². The summed E-state index contributed by atoms with van der Waals surface area (Å²) in [4.78, 5) is 24.6. The molecule has 2 aromatic rings. The lowest BCUT2D eigenvalue weighted by molar-refractivity contribution is -0.136. The van der Waals surface area contributed by atoms with Crippen LogP contribution in [0.5, 0.6) is 5.75 Å². The normalized spacial score (nSPS) is 12.5. The number of anilines is 1. The first-order valence-corrected chi connectivity index (χ1v) is 10.2. The molecule has 10 heteroatoms. The van der Waals surface area contributed by atoms with Gasteiger partial charge in [0.1, 0.15) is 21.0 Å². The molecule has 1 aromatic heterocycles. The number of esters is 1. The number of rotatable bonds is 5. The van der Waals surface area contributed by atoms with Crippen molar-refractivity contribution in [3.63, 3.8) is 0 Å². The minimum absolute atomic E-state index is 0.0648. The zero-order chi connectivity index (χ0) is 20.1. The number of nitrogens with zero attached hydrogens (tertiary/aromatic N) is 2. The van der Waals surface area contributed by atoms with E-state index < -0.39 is 5.97 Å². The summed E-state index contributed by atoms with van der Waals surface area (Å²) in [6, 6.07) is 5.13. The van der Waals surface area contributed by atoms with Crippen molar-refractivity contribution in [2.75, 3.05) is 11.9 Å². The minimum atomic E-state index is -0.755. The van der Waals surface area contributed by atoms with Crippen molar-refractivity contribution in [2.24, 2.45) is 0 Å². The van der Waals surface area contributed by atoms with Crippen molar-refractivity contribution in [1.82, 2.24) is 4.57 Å². The summed E-state index contributed by atoms with van der Waals surface area (Å²) >= 11 is 7.50. The SMILES string of the molecule is CCOC(=O)C(C#N)=c1sc(=CNc2cc(Br)c(O)c(Br)c2)c(=O)n1CC. The van der Waals surface area contributed by atoms with Gasteiger partial charge in [0.25, 0.3) is 5.56 Å². The second kappa shape index (κ2) is 9.21. The zero-order valence-corrected chi connectivity index (χ0v) is 18.4. The Labute approximate surface area is 175 Å². The molecule has 0 amide bonds. The Hall–Kier alpha value is -2.09. The van der Waals surface area contributed by atoms with E-state index in [4.69, 9.17) is 4.74 Å². The number of halogens is 2. The van der Waals surface area contributed by atoms with Crippen LogP contribution in [0, 0.1) is 11.3 Å². The number of ether oxygens (including phenoxy) is 1. The Balaban J connectivity index is 2.59. The van der Waals surface area contributed by atoms with E-state index in [-0.39, 0.29) is 28.2 Å². The summed E-state index contributed by atoms with van der Waals surface area (Å²) < 4.78 is 7.79. The van der Waals surface area contributed by atoms with Gasteiger partial charge in [-0.2, -0.15) is 5.26 Å². The maximum atomic E-state index is 12.6. The van der Waals surface area contributed by atoms with Gasteiger partial charge in [0, 0.05) is 18.4 Å². The highest BCUT2D eigenvalue weighted by Gasteiger charge is 2.16. The van der Waals surface area contributed by atoms with Crippen molar-refractivity contribution in [3.05, 3.63) is 40.6 Å². The van der Waals surface area contributed by atoms with E-state index in [2.05, 4.69) is 37.2 Å². The summed E-state index contributed by atoms with van der Waals surface area (Å²) in [5.74, 6) is -0.690. The number of benzene rings is 1. The number of thiazole rings is 1. The average molecular weight is 517 g/mol. The van der Waals surface area contributed by atoms with Crippen LogP contribution < -0.4 is 20.1 Å². The molecule has 0 radical (unpaired) electrons. The van der Waals surface area contributed by atoms with Crippen molar-refractivity contribution in [1.29, 1.82) is 5.26 Å². The van der Waals surface area contributed by atoms with Crippen LogP contribution in [-0.2, 0) is 16.1 Å². The Bertz CT molecular complexity index is 1080. The highest BCUT2D eigenvalue weighted by atomic mass is 79.9. The predicted octanol–water partition coefficient (Wildman–Crippen LogP) is 2.25. The molecular formula is C17H15Br2N3O4S. The smallest absolute Gasteiger partial charge is 0.351 e. The molecule has 0 saturated heterocycles. The lowest BCUT2D eigenvalue weighted by Crippen LogP contribution is -2.32. The number of nitrogens with one attached hydrogen (secondary N) is 1. The Morgan fingerprint density at radius 1 is 1.41 bits per heavy atom. The van der Waals surface area contributed by atoms with Crippen LogP contribution in [0.25, 0.3) is 11.8 Å². The van der Waals surface area contributed by atoms with E-state index in [1.54, 1.807) is 26.0 Å². The van der Waals surface area contributed by atoms with E-state index in [0.29, 0.717) is 25.7 Å². The molecule has 142 valence electrons. The fourth-order valence-electron chi connectivity index (χ4n) is 2.17. The molecule has 2 rings (SSSR count). The van der Waals surface area contributed by atoms with Crippen LogP contribution in [0.1, 0.15) is 13.8 Å². The number of phenols is 1. The summed E-state index contributed by atoms with van der Waals surface area (Å²) in [5.41, 5.74) is 0.105. The quantitative estimate of drug-likeness (QED) is 0.466. The molecule has 1 heterocycles. The maximum Gasteiger partial charge on any atom is 0.351 e. The van der Waals surface area contributed by atoms with Gasteiger partial charge in [0.2, 0.25) is 0 Å². The fraction of sp³-hybridized carbons (Fsp3) is 0.235. The van der Waals surface area contributed by atoms with Crippen molar-refractivity contribution in [2.45, 2.75) is 20.4 Å². The number of aromatic nitrogens is 1. The van der Waals surface area contributed by atoms with Crippen LogP contribution in [0.2, 0.25) is 0 Å². The minimum Gasteiger partial charge on any atom is -0.506 e. The number of nitriles is 1. The average Bonchev–Trinajstić information content (AvgIpc) is 2.94. The van der Waals surface area contributed by atoms with Gasteiger partial charge in [-0.3, -0.25) is 9.36 Å². The first-order chi connectivity index (χ1) is 12.8. The standard InChI is InChI=1S/C17H15Br2N3O4S/c1-3-22-15(24)13(27-16(22)10(7-20)17(25)26-4-2)8-21-9-5-11(18)14(23)12(19)6-9/h5-6,8,21,23H,3-4H2,1-2H3. The van der Waals surface area contributed by atoms with Gasteiger partial charge in [-0.1, -0.05) is 0 Å². The summed E-state index contributed by atoms with van der Waals surface area (Å²) in [6.45, 7) is 3.84. The van der Waals surface area contributed by atoms with E-state index in [1.165, 1.54) is 10.8 Å². The van der Waals surface area contributed by atoms with Crippen molar-refractivity contribution < 1.29 is 14.6 Å². The number of aromatic hydroxyl groups is 1. The van der Waals surface area contributed by atoms with Crippen LogP contribution >= 0.6 is 43.2 Å². The van der Waals surface area contributed by atoms with E-state index in [1.807, 2.05) is 6.07 Å². The van der Waals surface area contributed by atoms with Gasteiger partial charge in [0.15, 0.2) is 5.57 Å². The number of hydrogen-bond acceptors (Lipinski definition) is 7. The van der Waals surface area contributed by atoms with E-state index >= 15 is 0 Å². The number of phenolic OH excluding ortho intramolecular Hbond substituents is 1. The number of carbonyl (C=O) groups is 1. The Morgan fingerprint density at radius 3 is 2.56 bits per heavy atom. The van der Waals surface area contributed by atoms with Gasteiger partial charge >= 0.3 is 5.97 Å². The molecule has 0 unspecified atom stereocenters. The molecule has 0 bridgehead atoms. The number of carbonyl (C=O) groups excluding carboxylic acids is 1. The third kappa shape index (κ3) is 4.61. The van der Waals surface area contributed by atoms with E-state index in [0.717, 1.165) is 11.3 Å². The van der Waals surface area contributed by atoms with Crippen LogP contribution in [0.15, 0.2) is 25.9 Å². The highest BCUT2D eigenvalue weighted by Crippen LogP contribution is 2.35. The summed E-state index contributed by atoms with van der Waals surface area (Å²) in [6.07, 6.45) is 1.49. The first kappa shape index (κ1) is 21.2. The lowest BCUT2D eigenvalue weighted by atomic mass is 10.3. The molecule has 0 aliphatic rings. The third-order valence-electron chi connectivity index (χ3n) is 3.42. The van der Waals surface area contributed by atoms with Gasteiger partial charge in [-0.25, -0.2) is 4.79 Å². The molecule has 7 nitrogen and oxygen atoms in total. The molecule has 1 aromatic carbocycles. The molecule has 0 atom stereocenters. The molecule has 0 saturated carbocycles. The molecule has 0 aliphatic carbocycles. The lowest BCUT2D eigenvalue weighted by Gasteiger charge is -2.05. The van der Waals surface area contributed by atoms with Crippen molar-refractivity contribution in [3.8, 4) is 11.8 Å². The first-order valence-electron chi connectivity index (χ1n) is 7.79. The fourth-order valence-corrected chi connectivity index (χ4v) is 4.44. The van der Waals surface area contributed by atoms with E-state index in [9.17, 15) is 20.0 Å². The van der Waals surface area contributed by atoms with Crippen LogP contribution in [0.3, 0.4) is 0 Å². The maximum absolute atomic E-state index is 12.6. The van der Waals surface area contributed by atoms with Crippen LogP contribution in [-0.4, -0.2) is 22.2 Å². The van der Waals surface area contributed by atoms with Gasteiger partial charge in [-0.05, 0) is 57.8 Å². The summed E-state index contributed by atoms with van der Waals surface area (Å²) in [5, 5.41) is 22.1. The number of hydrogen-bond donors (Lipinski definition) is 2. The predicted molar refractivity (Wildman–Crippen MR) is 111 cm³/mol. The molecule has 2 N–H and O–H groups in total. The van der Waals surface area contributed by atoms with Crippen LogP contribution in [0.4, 0.5) is 5.69 Å². The van der Waals surface area contributed by atoms with Gasteiger partial charge in [0.05, 0.1) is 15.6 Å². The zero-order valence-electron chi connectivity index (χ0n) is 14.4. The molecule has 0 aliphatic heterocycles. The molecule has 0 fully saturated rings. The molecule has 27 heavy (non-hydrogen) atoms. The Kier molecular flexibility index (Phi) is 7.24. The molecular weight excluding hydrogens is 502 g/mol. The second-order valence-corrected chi connectivity index (χ2v) is 7.84. The highest BCUT2D eigenvalue weighted by molar-refractivity contribution is 9.11. The largest absolute Gasteiger partial charge is 0.506 e. The van der Waals surface area contributed by atoms with Gasteiger partial charge < -0.3 is 15.2 Å². The van der Waals surface area contributed by atoms with Gasteiger partial charge in [-0.15, -0.1) is 11.3 Å². The Morgan fingerprint density at radius 2 is 2.04 bits per heavy atom. The monoisotopic (exact) mass is 515 g/mol. The third-order valence-corrected chi connectivity index (χ3v) is 5.76. The molecule has 0 spiro atoms. The topological polar surface area (TPSA) is 104 Å². The summed E-state index contributed by atoms with van der Waals surface area (Å²) in [7, 11) is 0. The second-order valence-electron chi connectivity index (χ2n) is 5.11.